The van der Waals surface area contributed by atoms with Crippen LogP contribution >= 0.6 is 0 Å². The average Bonchev–Trinajstić information content (AvgIpc) is 2.35. The van der Waals surface area contributed by atoms with Gasteiger partial charge in [-0.05, 0) is 26.7 Å². The Labute approximate surface area is 109 Å². The maximum atomic E-state index is 12.7. The molecule has 1 rings (SSSR count). The van der Waals surface area contributed by atoms with Gasteiger partial charge in [0.1, 0.15) is 5.54 Å². The summed E-state index contributed by atoms with van der Waals surface area (Å²) in [5.41, 5.74) is 4.49. The Morgan fingerprint density at radius 1 is 1.44 bits per heavy atom. The fourth-order valence-corrected chi connectivity index (χ4v) is 2.47. The summed E-state index contributed by atoms with van der Waals surface area (Å²) >= 11 is 0. The first-order chi connectivity index (χ1) is 8.35. The quantitative estimate of drug-likeness (QED) is 0.767. The fraction of sp³-hybridized carbons (Fsp3) is 0.846. The van der Waals surface area contributed by atoms with Crippen LogP contribution in [-0.2, 0) is 9.59 Å². The summed E-state index contributed by atoms with van der Waals surface area (Å²) in [5, 5.41) is 2.80. The number of hydrogen-bond donors (Lipinski definition) is 2. The van der Waals surface area contributed by atoms with Crippen LogP contribution < -0.4 is 11.1 Å². The second kappa shape index (κ2) is 5.26. The van der Waals surface area contributed by atoms with E-state index in [0.29, 0.717) is 32.5 Å². The van der Waals surface area contributed by atoms with E-state index in [2.05, 4.69) is 5.32 Å². The lowest BCUT2D eigenvalue weighted by molar-refractivity contribution is -0.156. The van der Waals surface area contributed by atoms with E-state index in [1.165, 1.54) is 0 Å². The summed E-state index contributed by atoms with van der Waals surface area (Å²) in [6.07, 6.45) is 1.40. The number of nitrogens with zero attached hydrogens (tertiary/aromatic N) is 1. The maximum absolute atomic E-state index is 12.7. The highest BCUT2D eigenvalue weighted by atomic mass is 16.2. The van der Waals surface area contributed by atoms with Crippen molar-refractivity contribution in [2.75, 3.05) is 19.6 Å². The van der Waals surface area contributed by atoms with Crippen molar-refractivity contribution >= 4 is 11.8 Å². The van der Waals surface area contributed by atoms with Crippen LogP contribution in [-0.4, -0.2) is 41.9 Å². The summed E-state index contributed by atoms with van der Waals surface area (Å²) in [4.78, 5) is 26.3. The van der Waals surface area contributed by atoms with Gasteiger partial charge in [0, 0.05) is 19.6 Å². The van der Waals surface area contributed by atoms with Gasteiger partial charge in [-0.25, -0.2) is 0 Å². The van der Waals surface area contributed by atoms with E-state index in [1.54, 1.807) is 18.7 Å². The normalized spacial score (nSPS) is 19.6. The second-order valence-electron chi connectivity index (χ2n) is 5.46. The minimum absolute atomic E-state index is 0.00912. The third-order valence-electron chi connectivity index (χ3n) is 4.29. The molecule has 0 aromatic rings. The van der Waals surface area contributed by atoms with Crippen molar-refractivity contribution in [3.05, 3.63) is 0 Å². The number of carbonyl (C=O) groups is 2. The zero-order valence-electron chi connectivity index (χ0n) is 11.9. The van der Waals surface area contributed by atoms with Gasteiger partial charge >= 0.3 is 0 Å². The molecular formula is C13H25N3O2. The average molecular weight is 255 g/mol. The van der Waals surface area contributed by atoms with Gasteiger partial charge in [-0.1, -0.05) is 13.8 Å². The molecule has 0 spiro atoms. The molecule has 0 aromatic heterocycles. The third-order valence-corrected chi connectivity index (χ3v) is 4.29. The van der Waals surface area contributed by atoms with Crippen molar-refractivity contribution in [2.45, 2.75) is 46.1 Å². The molecule has 1 saturated heterocycles. The molecule has 1 aliphatic rings. The molecule has 0 saturated carbocycles. The van der Waals surface area contributed by atoms with Crippen LogP contribution in [0.4, 0.5) is 0 Å². The van der Waals surface area contributed by atoms with E-state index in [9.17, 15) is 9.59 Å². The molecule has 0 unspecified atom stereocenters. The molecule has 1 aliphatic heterocycles. The first-order valence-electron chi connectivity index (χ1n) is 6.66. The minimum atomic E-state index is -0.792. The lowest BCUT2D eigenvalue weighted by Crippen LogP contribution is -2.66. The molecule has 1 heterocycles. The number of hydrogen-bond acceptors (Lipinski definition) is 3. The van der Waals surface area contributed by atoms with E-state index in [0.717, 1.165) is 0 Å². The summed E-state index contributed by atoms with van der Waals surface area (Å²) in [6, 6.07) is 0. The Morgan fingerprint density at radius 2 is 2.00 bits per heavy atom. The maximum Gasteiger partial charge on any atom is 0.245 e. The smallest absolute Gasteiger partial charge is 0.245 e. The van der Waals surface area contributed by atoms with Crippen molar-refractivity contribution in [1.82, 2.24) is 10.2 Å². The Balaban J connectivity index is 3.05. The number of rotatable bonds is 4. The van der Waals surface area contributed by atoms with Crippen LogP contribution in [0.5, 0.6) is 0 Å². The van der Waals surface area contributed by atoms with Crippen molar-refractivity contribution in [2.24, 2.45) is 11.1 Å². The van der Waals surface area contributed by atoms with Crippen LogP contribution in [0, 0.1) is 5.41 Å². The molecule has 5 heteroatoms. The van der Waals surface area contributed by atoms with Gasteiger partial charge < -0.3 is 16.0 Å². The van der Waals surface area contributed by atoms with Gasteiger partial charge in [-0.15, -0.1) is 0 Å². The summed E-state index contributed by atoms with van der Waals surface area (Å²) in [7, 11) is 0. The van der Waals surface area contributed by atoms with E-state index >= 15 is 0 Å². The first-order valence-corrected chi connectivity index (χ1v) is 6.66. The topological polar surface area (TPSA) is 75.4 Å². The van der Waals surface area contributed by atoms with E-state index in [-0.39, 0.29) is 11.8 Å². The van der Waals surface area contributed by atoms with Gasteiger partial charge in [0.05, 0.1) is 5.41 Å². The van der Waals surface area contributed by atoms with Crippen LogP contribution in [0.3, 0.4) is 0 Å². The van der Waals surface area contributed by atoms with Crippen LogP contribution in [0.15, 0.2) is 0 Å². The number of piperazine rings is 1. The van der Waals surface area contributed by atoms with Gasteiger partial charge in [0.25, 0.3) is 0 Å². The Hall–Kier alpha value is -1.10. The molecule has 5 nitrogen and oxygen atoms in total. The van der Waals surface area contributed by atoms with Crippen molar-refractivity contribution in [3.8, 4) is 0 Å². The lowest BCUT2D eigenvalue weighted by Gasteiger charge is -2.45. The SMILES string of the molecule is CCC(CC)(CN)C(=O)N1CCNC(=O)C1(C)C. The van der Waals surface area contributed by atoms with Gasteiger partial charge in [0.2, 0.25) is 11.8 Å². The molecule has 1 fully saturated rings. The highest BCUT2D eigenvalue weighted by Crippen LogP contribution is 2.31. The Bertz CT molecular complexity index is 327. The predicted octanol–water partition coefficient (Wildman–Crippen LogP) is 0.489. The standard InChI is InChI=1S/C13H25N3O2/c1-5-13(6-2,9-14)11(18)16-8-7-15-10(17)12(16,3)4/h5-9,14H2,1-4H3,(H,15,17). The highest BCUT2D eigenvalue weighted by Gasteiger charge is 2.46. The Kier molecular flexibility index (Phi) is 4.37. The molecule has 0 aliphatic carbocycles. The van der Waals surface area contributed by atoms with Crippen LogP contribution in [0.2, 0.25) is 0 Å². The van der Waals surface area contributed by atoms with Crippen LogP contribution in [0.1, 0.15) is 40.5 Å². The molecule has 104 valence electrons. The molecule has 0 aromatic carbocycles. The lowest BCUT2D eigenvalue weighted by atomic mass is 9.79. The number of carbonyl (C=O) groups excluding carboxylic acids is 2. The van der Waals surface area contributed by atoms with Crippen molar-refractivity contribution < 1.29 is 9.59 Å². The Morgan fingerprint density at radius 3 is 2.44 bits per heavy atom. The van der Waals surface area contributed by atoms with Gasteiger partial charge in [-0.3, -0.25) is 9.59 Å². The predicted molar refractivity (Wildman–Crippen MR) is 70.9 cm³/mol. The minimum Gasteiger partial charge on any atom is -0.352 e. The molecule has 0 radical (unpaired) electrons. The summed E-state index contributed by atoms with van der Waals surface area (Å²) in [6.45, 7) is 8.92. The number of nitrogens with two attached hydrogens (primary N) is 1. The largest absolute Gasteiger partial charge is 0.352 e. The zero-order valence-corrected chi connectivity index (χ0v) is 11.9. The fourth-order valence-electron chi connectivity index (χ4n) is 2.47. The van der Waals surface area contributed by atoms with Crippen molar-refractivity contribution in [1.29, 1.82) is 0 Å². The number of nitrogens with one attached hydrogen (secondary N) is 1. The molecule has 2 amide bonds. The third kappa shape index (κ3) is 2.23. The van der Waals surface area contributed by atoms with Gasteiger partial charge in [-0.2, -0.15) is 0 Å². The monoisotopic (exact) mass is 255 g/mol. The molecule has 0 atom stereocenters. The molecular weight excluding hydrogens is 230 g/mol. The van der Waals surface area contributed by atoms with E-state index in [4.69, 9.17) is 5.73 Å². The molecule has 3 N–H and O–H groups in total. The summed E-state index contributed by atoms with van der Waals surface area (Å²) in [5.74, 6) is -0.0879. The summed E-state index contributed by atoms with van der Waals surface area (Å²) < 4.78 is 0. The van der Waals surface area contributed by atoms with Crippen molar-refractivity contribution in [3.63, 3.8) is 0 Å². The van der Waals surface area contributed by atoms with Crippen LogP contribution in [0.25, 0.3) is 0 Å². The number of amides is 2. The molecule has 0 bridgehead atoms. The second-order valence-corrected chi connectivity index (χ2v) is 5.46. The first kappa shape index (κ1) is 15.0. The highest BCUT2D eigenvalue weighted by molar-refractivity contribution is 5.93. The zero-order chi connectivity index (χ0) is 14.0. The van der Waals surface area contributed by atoms with Gasteiger partial charge in [0.15, 0.2) is 0 Å². The van der Waals surface area contributed by atoms with E-state index < -0.39 is 11.0 Å². The molecule has 18 heavy (non-hydrogen) atoms. The van der Waals surface area contributed by atoms with E-state index in [1.807, 2.05) is 13.8 Å².